The topological polar surface area (TPSA) is 12.0 Å². The second-order valence-electron chi connectivity index (χ2n) is 4.16. The molecule has 0 radical (unpaired) electrons. The second-order valence-corrected chi connectivity index (χ2v) is 5.01. The third-order valence-corrected chi connectivity index (χ3v) is 3.58. The first-order valence-electron chi connectivity index (χ1n) is 5.97. The lowest BCUT2D eigenvalue weighted by molar-refractivity contribution is 1.32. The zero-order valence-electron chi connectivity index (χ0n) is 10.4. The van der Waals surface area contributed by atoms with Gasteiger partial charge in [-0.2, -0.15) is 0 Å². The summed E-state index contributed by atoms with van der Waals surface area (Å²) in [6.07, 6.45) is 4.26. The maximum Gasteiger partial charge on any atom is 0.0346 e. The molecule has 1 N–H and O–H groups in total. The number of anilines is 1. The standard InChI is InChI=1S/C16H16BrN/c1-13-12-15(9-10-16(13)17)18-11-5-8-14-6-3-2-4-7-14/h2-10,12,18H,11H2,1H3. The zero-order chi connectivity index (χ0) is 12.8. The minimum Gasteiger partial charge on any atom is -0.382 e. The first-order chi connectivity index (χ1) is 8.75. The number of nitrogens with one attached hydrogen (secondary N) is 1. The van der Waals surface area contributed by atoms with Gasteiger partial charge in [0.15, 0.2) is 0 Å². The van der Waals surface area contributed by atoms with Crippen LogP contribution in [0.4, 0.5) is 5.69 Å². The second kappa shape index (κ2) is 6.41. The lowest BCUT2D eigenvalue weighted by atomic mass is 10.2. The third kappa shape index (κ3) is 3.74. The molecular formula is C16H16BrN. The predicted molar refractivity (Wildman–Crippen MR) is 82.8 cm³/mol. The van der Waals surface area contributed by atoms with Crippen LogP contribution in [0.1, 0.15) is 11.1 Å². The molecule has 2 heteroatoms. The molecule has 0 bridgehead atoms. The smallest absolute Gasteiger partial charge is 0.0346 e. The third-order valence-electron chi connectivity index (χ3n) is 2.69. The quantitative estimate of drug-likeness (QED) is 0.848. The van der Waals surface area contributed by atoms with Crippen LogP contribution in [0.3, 0.4) is 0 Å². The van der Waals surface area contributed by atoms with Crippen molar-refractivity contribution in [1.82, 2.24) is 0 Å². The molecule has 92 valence electrons. The predicted octanol–water partition coefficient (Wildman–Crippen LogP) is 4.88. The highest BCUT2D eigenvalue weighted by Crippen LogP contribution is 2.19. The van der Waals surface area contributed by atoms with E-state index in [4.69, 9.17) is 0 Å². The molecule has 0 saturated carbocycles. The lowest BCUT2D eigenvalue weighted by Gasteiger charge is -2.05. The summed E-state index contributed by atoms with van der Waals surface area (Å²) in [5, 5.41) is 3.38. The number of rotatable bonds is 4. The summed E-state index contributed by atoms with van der Waals surface area (Å²) in [5.74, 6) is 0. The van der Waals surface area contributed by atoms with E-state index in [9.17, 15) is 0 Å². The zero-order valence-corrected chi connectivity index (χ0v) is 11.9. The summed E-state index contributed by atoms with van der Waals surface area (Å²) in [7, 11) is 0. The van der Waals surface area contributed by atoms with E-state index in [0.29, 0.717) is 0 Å². The number of hydrogen-bond acceptors (Lipinski definition) is 1. The Balaban J connectivity index is 1.89. The monoisotopic (exact) mass is 301 g/mol. The molecular weight excluding hydrogens is 286 g/mol. The Kier molecular flexibility index (Phi) is 4.59. The molecule has 2 aromatic rings. The molecule has 0 saturated heterocycles. The van der Waals surface area contributed by atoms with E-state index in [1.807, 2.05) is 18.2 Å². The number of hydrogen-bond donors (Lipinski definition) is 1. The van der Waals surface area contributed by atoms with Crippen molar-refractivity contribution in [2.45, 2.75) is 6.92 Å². The normalized spacial score (nSPS) is 10.8. The fourth-order valence-corrected chi connectivity index (χ4v) is 1.94. The van der Waals surface area contributed by atoms with Crippen LogP contribution in [0, 0.1) is 6.92 Å². The van der Waals surface area contributed by atoms with E-state index in [0.717, 1.165) is 16.7 Å². The van der Waals surface area contributed by atoms with E-state index < -0.39 is 0 Å². The van der Waals surface area contributed by atoms with Gasteiger partial charge < -0.3 is 5.32 Å². The Morgan fingerprint density at radius 3 is 2.61 bits per heavy atom. The van der Waals surface area contributed by atoms with Crippen molar-refractivity contribution < 1.29 is 0 Å². The Labute approximate surface area is 117 Å². The van der Waals surface area contributed by atoms with Crippen LogP contribution in [0.5, 0.6) is 0 Å². The molecule has 0 atom stereocenters. The van der Waals surface area contributed by atoms with Crippen LogP contribution in [0.15, 0.2) is 59.1 Å². The SMILES string of the molecule is Cc1cc(NCC=Cc2ccccc2)ccc1Br. The average Bonchev–Trinajstić information content (AvgIpc) is 2.40. The van der Waals surface area contributed by atoms with Gasteiger partial charge in [-0.05, 0) is 36.2 Å². The molecule has 0 aliphatic carbocycles. The number of halogens is 1. The Bertz CT molecular complexity index is 532. The fraction of sp³-hybridized carbons (Fsp3) is 0.125. The van der Waals surface area contributed by atoms with Crippen LogP contribution >= 0.6 is 15.9 Å². The van der Waals surface area contributed by atoms with Crippen molar-refractivity contribution in [3.63, 3.8) is 0 Å². The molecule has 0 aromatic heterocycles. The maximum atomic E-state index is 3.50. The van der Waals surface area contributed by atoms with E-state index >= 15 is 0 Å². The molecule has 18 heavy (non-hydrogen) atoms. The summed E-state index contributed by atoms with van der Waals surface area (Å²) in [4.78, 5) is 0. The highest BCUT2D eigenvalue weighted by molar-refractivity contribution is 9.10. The molecule has 2 aromatic carbocycles. The lowest BCUT2D eigenvalue weighted by Crippen LogP contribution is -1.98. The largest absolute Gasteiger partial charge is 0.382 e. The molecule has 0 heterocycles. The van der Waals surface area contributed by atoms with Crippen LogP contribution in [-0.4, -0.2) is 6.54 Å². The Morgan fingerprint density at radius 2 is 1.89 bits per heavy atom. The van der Waals surface area contributed by atoms with Gasteiger partial charge in [-0.1, -0.05) is 58.4 Å². The molecule has 0 fully saturated rings. The van der Waals surface area contributed by atoms with Gasteiger partial charge in [0.25, 0.3) is 0 Å². The Hall–Kier alpha value is -1.54. The van der Waals surface area contributed by atoms with E-state index in [2.05, 4.69) is 70.7 Å². The summed E-state index contributed by atoms with van der Waals surface area (Å²) in [6, 6.07) is 16.6. The van der Waals surface area contributed by atoms with Crippen LogP contribution in [0.2, 0.25) is 0 Å². The van der Waals surface area contributed by atoms with Crippen molar-refractivity contribution in [3.05, 3.63) is 70.2 Å². The first kappa shape index (κ1) is 12.9. The highest BCUT2D eigenvalue weighted by atomic mass is 79.9. The number of aryl methyl sites for hydroxylation is 1. The molecule has 0 amide bonds. The molecule has 2 rings (SSSR count). The number of benzene rings is 2. The minimum atomic E-state index is 0.829. The summed E-state index contributed by atoms with van der Waals surface area (Å²) < 4.78 is 1.15. The van der Waals surface area contributed by atoms with Crippen molar-refractivity contribution in [2.24, 2.45) is 0 Å². The van der Waals surface area contributed by atoms with Gasteiger partial charge in [-0.15, -0.1) is 0 Å². The highest BCUT2D eigenvalue weighted by Gasteiger charge is 1.95. The molecule has 0 aliphatic rings. The van der Waals surface area contributed by atoms with Crippen LogP contribution in [0.25, 0.3) is 6.08 Å². The van der Waals surface area contributed by atoms with E-state index in [1.54, 1.807) is 0 Å². The van der Waals surface area contributed by atoms with Gasteiger partial charge in [0.1, 0.15) is 0 Å². The van der Waals surface area contributed by atoms with E-state index in [1.165, 1.54) is 11.1 Å². The van der Waals surface area contributed by atoms with Gasteiger partial charge in [0.05, 0.1) is 0 Å². The average molecular weight is 302 g/mol. The summed E-state index contributed by atoms with van der Waals surface area (Å²) in [5.41, 5.74) is 3.62. The van der Waals surface area contributed by atoms with Gasteiger partial charge in [-0.25, -0.2) is 0 Å². The van der Waals surface area contributed by atoms with Crippen LogP contribution < -0.4 is 5.32 Å². The summed E-state index contributed by atoms with van der Waals surface area (Å²) >= 11 is 3.50. The van der Waals surface area contributed by atoms with E-state index in [-0.39, 0.29) is 0 Å². The van der Waals surface area contributed by atoms with Crippen molar-refractivity contribution in [1.29, 1.82) is 0 Å². The maximum absolute atomic E-state index is 3.50. The van der Waals surface area contributed by atoms with Crippen molar-refractivity contribution in [3.8, 4) is 0 Å². The molecule has 0 spiro atoms. The Morgan fingerprint density at radius 1 is 1.11 bits per heavy atom. The summed E-state index contributed by atoms with van der Waals surface area (Å²) in [6.45, 7) is 2.92. The van der Waals surface area contributed by atoms with Gasteiger partial charge in [-0.3, -0.25) is 0 Å². The van der Waals surface area contributed by atoms with Gasteiger partial charge in [0, 0.05) is 16.7 Å². The van der Waals surface area contributed by atoms with Crippen LogP contribution in [-0.2, 0) is 0 Å². The fourth-order valence-electron chi connectivity index (χ4n) is 1.69. The molecule has 0 unspecified atom stereocenters. The minimum absolute atomic E-state index is 0.829. The van der Waals surface area contributed by atoms with Gasteiger partial charge >= 0.3 is 0 Å². The van der Waals surface area contributed by atoms with Crippen molar-refractivity contribution >= 4 is 27.7 Å². The van der Waals surface area contributed by atoms with Gasteiger partial charge in [0.2, 0.25) is 0 Å². The van der Waals surface area contributed by atoms with Crippen molar-refractivity contribution in [2.75, 3.05) is 11.9 Å². The first-order valence-corrected chi connectivity index (χ1v) is 6.76. The molecule has 0 aliphatic heterocycles. The molecule has 1 nitrogen and oxygen atoms in total.